The Labute approximate surface area is 153 Å². The van der Waals surface area contributed by atoms with Crippen LogP contribution in [-0.4, -0.2) is 34.0 Å². The highest BCUT2D eigenvalue weighted by atomic mass is 16.5. The maximum Gasteiger partial charge on any atom is 0.373 e. The number of carbonyl (C=O) groups excluding carboxylic acids is 1. The number of nitrogens with one attached hydrogen (secondary N) is 1. The number of hydrogen-bond acceptors (Lipinski definition) is 6. The Kier molecular flexibility index (Phi) is 4.00. The predicted octanol–water partition coefficient (Wildman–Crippen LogP) is 2.57. The van der Waals surface area contributed by atoms with Crippen molar-refractivity contribution in [2.75, 3.05) is 7.11 Å². The molecule has 0 bridgehead atoms. The Morgan fingerprint density at radius 1 is 1.33 bits per heavy atom. The van der Waals surface area contributed by atoms with E-state index in [4.69, 9.17) is 4.42 Å². The van der Waals surface area contributed by atoms with E-state index < -0.39 is 11.7 Å². The normalized spacial score (nSPS) is 13.9. The fourth-order valence-electron chi connectivity index (χ4n) is 2.87. The number of furan rings is 1. The molecule has 27 heavy (non-hydrogen) atoms. The molecule has 0 radical (unpaired) electrons. The Hall–Kier alpha value is -3.81. The summed E-state index contributed by atoms with van der Waals surface area (Å²) in [6, 6.07) is 10.6. The largest absolute Gasteiger partial charge is 0.493 e. The van der Waals surface area contributed by atoms with Crippen LogP contribution in [0.2, 0.25) is 0 Å². The minimum Gasteiger partial charge on any atom is -0.493 e. The Balaban J connectivity index is 1.64. The number of rotatable bonds is 4. The summed E-state index contributed by atoms with van der Waals surface area (Å²) in [5.74, 6) is -0.492. The van der Waals surface area contributed by atoms with Gasteiger partial charge in [-0.1, -0.05) is 18.2 Å². The summed E-state index contributed by atoms with van der Waals surface area (Å²) >= 11 is 0. The molecule has 2 N–H and O–H groups in total. The first-order valence-corrected chi connectivity index (χ1v) is 8.11. The van der Waals surface area contributed by atoms with Gasteiger partial charge in [0, 0.05) is 17.4 Å². The highest BCUT2D eigenvalue weighted by molar-refractivity contribution is 6.21. The molecule has 0 atom stereocenters. The number of aromatic nitrogens is 2. The van der Waals surface area contributed by atoms with Crippen molar-refractivity contribution in [1.29, 1.82) is 0 Å². The zero-order valence-corrected chi connectivity index (χ0v) is 14.3. The summed E-state index contributed by atoms with van der Waals surface area (Å²) in [6.07, 6.45) is 3.33. The van der Waals surface area contributed by atoms with Crippen LogP contribution in [0.5, 0.6) is 5.88 Å². The van der Waals surface area contributed by atoms with Gasteiger partial charge < -0.3 is 19.2 Å². The number of hydrogen-bond donors (Lipinski definition) is 2. The van der Waals surface area contributed by atoms with Crippen molar-refractivity contribution in [3.63, 3.8) is 0 Å². The number of nitrogens with zero attached hydrogens (tertiary/aromatic N) is 2. The number of methoxy groups -OCH3 is 1. The van der Waals surface area contributed by atoms with Crippen LogP contribution in [0.3, 0.4) is 0 Å². The molecular weight excluding hydrogens is 350 g/mol. The van der Waals surface area contributed by atoms with Gasteiger partial charge in [0.1, 0.15) is 11.5 Å². The maximum absolute atomic E-state index is 12.2. The van der Waals surface area contributed by atoms with E-state index in [1.165, 1.54) is 13.2 Å². The summed E-state index contributed by atoms with van der Waals surface area (Å²) in [5.41, 5.74) is 2.28. The third-order valence-corrected chi connectivity index (χ3v) is 4.20. The molecule has 3 aromatic rings. The number of benzene rings is 1. The molecule has 136 valence electrons. The van der Waals surface area contributed by atoms with Crippen molar-refractivity contribution in [1.82, 2.24) is 9.55 Å². The van der Waals surface area contributed by atoms with Gasteiger partial charge in [-0.05, 0) is 24.3 Å². The molecule has 0 saturated carbocycles. The minimum absolute atomic E-state index is 0.0247. The fourth-order valence-corrected chi connectivity index (χ4v) is 2.87. The van der Waals surface area contributed by atoms with Crippen LogP contribution in [0.1, 0.15) is 27.6 Å². The second-order valence-corrected chi connectivity index (χ2v) is 5.89. The SMILES string of the molecule is COC(=O)c1ccc(Cn2c(O)c(/C=C3\C=Nc4ccccc43)[nH]c2=O)o1. The van der Waals surface area contributed by atoms with Crippen LogP contribution in [0, 0.1) is 0 Å². The summed E-state index contributed by atoms with van der Waals surface area (Å²) in [5, 5.41) is 10.5. The van der Waals surface area contributed by atoms with E-state index in [2.05, 4.69) is 14.7 Å². The number of ether oxygens (including phenoxy) is 1. The monoisotopic (exact) mass is 365 g/mol. The molecular formula is C19H15N3O5. The van der Waals surface area contributed by atoms with Crippen molar-refractivity contribution in [2.45, 2.75) is 6.54 Å². The number of fused-ring (bicyclic) bond motifs is 1. The van der Waals surface area contributed by atoms with Gasteiger partial charge >= 0.3 is 11.7 Å². The third-order valence-electron chi connectivity index (χ3n) is 4.20. The van der Waals surface area contributed by atoms with Gasteiger partial charge in [-0.25, -0.2) is 9.59 Å². The molecule has 1 aliphatic rings. The van der Waals surface area contributed by atoms with Crippen molar-refractivity contribution < 1.29 is 19.1 Å². The second kappa shape index (κ2) is 6.49. The molecule has 0 amide bonds. The molecule has 0 spiro atoms. The quantitative estimate of drug-likeness (QED) is 0.691. The molecule has 1 aliphatic heterocycles. The summed E-state index contributed by atoms with van der Waals surface area (Å²) in [6.45, 7) is -0.0357. The number of H-pyrrole nitrogens is 1. The molecule has 2 aromatic heterocycles. The molecule has 8 nitrogen and oxygen atoms in total. The minimum atomic E-state index is -0.614. The highest BCUT2D eigenvalue weighted by Crippen LogP contribution is 2.32. The third kappa shape index (κ3) is 2.97. The number of allylic oxidation sites excluding steroid dienone is 1. The molecule has 0 fully saturated rings. The van der Waals surface area contributed by atoms with Crippen molar-refractivity contribution in [3.8, 4) is 5.88 Å². The molecule has 0 saturated heterocycles. The first-order chi connectivity index (χ1) is 13.1. The number of para-hydroxylation sites is 1. The van der Waals surface area contributed by atoms with Gasteiger partial charge in [0.2, 0.25) is 11.6 Å². The van der Waals surface area contributed by atoms with Gasteiger partial charge in [-0.15, -0.1) is 0 Å². The van der Waals surface area contributed by atoms with E-state index in [9.17, 15) is 14.7 Å². The smallest absolute Gasteiger partial charge is 0.373 e. The molecule has 0 aliphatic carbocycles. The Morgan fingerprint density at radius 3 is 2.96 bits per heavy atom. The number of carbonyl (C=O) groups is 1. The number of esters is 1. The van der Waals surface area contributed by atoms with Crippen molar-refractivity contribution in [3.05, 3.63) is 69.7 Å². The van der Waals surface area contributed by atoms with E-state index >= 15 is 0 Å². The number of imidazole rings is 1. The molecule has 0 unspecified atom stereocenters. The maximum atomic E-state index is 12.2. The van der Waals surface area contributed by atoms with E-state index in [-0.39, 0.29) is 23.9 Å². The lowest BCUT2D eigenvalue weighted by Gasteiger charge is -2.01. The van der Waals surface area contributed by atoms with Crippen LogP contribution in [0.25, 0.3) is 11.6 Å². The molecule has 1 aromatic carbocycles. The Bertz CT molecular complexity index is 1150. The van der Waals surface area contributed by atoms with Crippen molar-refractivity contribution in [2.24, 2.45) is 4.99 Å². The average molecular weight is 365 g/mol. The van der Waals surface area contributed by atoms with E-state index in [1.54, 1.807) is 18.4 Å². The van der Waals surface area contributed by atoms with Gasteiger partial charge in [-0.2, -0.15) is 0 Å². The zero-order chi connectivity index (χ0) is 19.0. The lowest BCUT2D eigenvalue weighted by atomic mass is 10.1. The molecule has 3 heterocycles. The first-order valence-electron chi connectivity index (χ1n) is 8.11. The van der Waals surface area contributed by atoms with E-state index in [0.29, 0.717) is 5.76 Å². The predicted molar refractivity (Wildman–Crippen MR) is 98.3 cm³/mol. The topological polar surface area (TPSA) is 110 Å². The van der Waals surface area contributed by atoms with Crippen LogP contribution in [0.4, 0.5) is 5.69 Å². The van der Waals surface area contributed by atoms with Crippen LogP contribution in [0.15, 0.2) is 50.6 Å². The van der Waals surface area contributed by atoms with Gasteiger partial charge in [0.25, 0.3) is 0 Å². The fraction of sp³-hybridized carbons (Fsp3) is 0.105. The number of aromatic hydroxyl groups is 1. The van der Waals surface area contributed by atoms with Gasteiger partial charge in [0.15, 0.2) is 0 Å². The van der Waals surface area contributed by atoms with Crippen LogP contribution in [-0.2, 0) is 11.3 Å². The Morgan fingerprint density at radius 2 is 2.15 bits per heavy atom. The van der Waals surface area contributed by atoms with E-state index in [1.807, 2.05) is 24.3 Å². The number of aromatic amines is 1. The lowest BCUT2D eigenvalue weighted by Crippen LogP contribution is -2.16. The number of aliphatic imine (C=N–C) groups is 1. The first kappa shape index (κ1) is 16.6. The highest BCUT2D eigenvalue weighted by Gasteiger charge is 2.18. The lowest BCUT2D eigenvalue weighted by molar-refractivity contribution is 0.0563. The summed E-state index contributed by atoms with van der Waals surface area (Å²) in [4.78, 5) is 30.6. The van der Waals surface area contributed by atoms with Crippen molar-refractivity contribution >= 4 is 29.5 Å². The summed E-state index contributed by atoms with van der Waals surface area (Å²) < 4.78 is 11.0. The van der Waals surface area contributed by atoms with E-state index in [0.717, 1.165) is 21.4 Å². The van der Waals surface area contributed by atoms with Crippen LogP contribution < -0.4 is 5.69 Å². The van der Waals surface area contributed by atoms with Gasteiger partial charge in [-0.3, -0.25) is 9.56 Å². The zero-order valence-electron chi connectivity index (χ0n) is 14.3. The molecule has 4 rings (SSSR count). The average Bonchev–Trinajstić information content (AvgIpc) is 3.37. The van der Waals surface area contributed by atoms with Crippen LogP contribution >= 0.6 is 0 Å². The van der Waals surface area contributed by atoms with Gasteiger partial charge in [0.05, 0.1) is 19.3 Å². The summed E-state index contributed by atoms with van der Waals surface area (Å²) in [7, 11) is 1.25. The second-order valence-electron chi connectivity index (χ2n) is 5.89. The molecule has 8 heteroatoms. The standard InChI is InChI=1S/C19H15N3O5/c1-26-18(24)16-7-6-12(27-16)10-22-17(23)15(21-19(22)25)8-11-9-20-14-5-3-2-4-13(11)14/h2-9,23H,10H2,1H3,(H,21,25)/b11-8+.